The first-order valence-electron chi connectivity index (χ1n) is 5.66. The van der Waals surface area contributed by atoms with Gasteiger partial charge in [0.2, 0.25) is 5.28 Å². The molecule has 1 aromatic carbocycles. The summed E-state index contributed by atoms with van der Waals surface area (Å²) in [6.07, 6.45) is 1.57. The number of nitrogens with zero attached hydrogens (tertiary/aromatic N) is 4. The summed E-state index contributed by atoms with van der Waals surface area (Å²) in [4.78, 5) is 11.2. The molecule has 19 heavy (non-hydrogen) atoms. The van der Waals surface area contributed by atoms with Crippen LogP contribution in [0.15, 0.2) is 41.4 Å². The molecule has 6 heteroatoms. The molecular weight excluding hydrogens is 280 g/mol. The van der Waals surface area contributed by atoms with E-state index < -0.39 is 6.04 Å². The monoisotopic (exact) mass is 288 g/mol. The molecule has 0 amide bonds. The van der Waals surface area contributed by atoms with Crippen molar-refractivity contribution in [3.8, 4) is 6.07 Å². The zero-order valence-electron chi connectivity index (χ0n) is 9.82. The molecule has 1 aromatic heterocycles. The average Bonchev–Trinajstić information content (AvgIpc) is 2.84. The Morgan fingerprint density at radius 1 is 1.37 bits per heavy atom. The number of fused-ring (bicyclic) bond motifs is 1. The summed E-state index contributed by atoms with van der Waals surface area (Å²) < 4.78 is 0. The molecule has 3 rings (SSSR count). The van der Waals surface area contributed by atoms with Crippen molar-refractivity contribution < 1.29 is 0 Å². The number of hydrogen-bond acceptors (Lipinski definition) is 5. The fourth-order valence-corrected chi connectivity index (χ4v) is 3.26. The van der Waals surface area contributed by atoms with Gasteiger partial charge in [-0.1, -0.05) is 12.1 Å². The van der Waals surface area contributed by atoms with Crippen molar-refractivity contribution in [3.63, 3.8) is 0 Å². The molecule has 4 nitrogen and oxygen atoms in total. The van der Waals surface area contributed by atoms with Crippen LogP contribution < -0.4 is 4.90 Å². The van der Waals surface area contributed by atoms with Crippen LogP contribution in [0.3, 0.4) is 0 Å². The van der Waals surface area contributed by atoms with E-state index in [1.54, 1.807) is 24.0 Å². The Bertz CT molecular complexity index is 655. The first-order valence-corrected chi connectivity index (χ1v) is 7.02. The molecule has 2 aromatic rings. The number of nitriles is 1. The standard InChI is InChI=1S/C13H9ClN4S/c14-13-16-6-5-9(17-13)11(7-15)18-8-19-12-4-2-1-3-10(12)18/h1-6,11H,8H2. The van der Waals surface area contributed by atoms with Gasteiger partial charge in [0.1, 0.15) is 0 Å². The van der Waals surface area contributed by atoms with E-state index in [0.29, 0.717) is 5.69 Å². The molecule has 0 spiro atoms. The van der Waals surface area contributed by atoms with Gasteiger partial charge in [-0.2, -0.15) is 5.26 Å². The van der Waals surface area contributed by atoms with Crippen molar-refractivity contribution in [1.82, 2.24) is 9.97 Å². The SMILES string of the molecule is N#CC(c1ccnc(Cl)n1)N1CSc2ccccc21. The molecule has 0 bridgehead atoms. The summed E-state index contributed by atoms with van der Waals surface area (Å²) in [7, 11) is 0. The highest BCUT2D eigenvalue weighted by atomic mass is 35.5. The minimum Gasteiger partial charge on any atom is -0.340 e. The smallest absolute Gasteiger partial charge is 0.222 e. The summed E-state index contributed by atoms with van der Waals surface area (Å²) in [6, 6.07) is 11.6. The van der Waals surface area contributed by atoms with E-state index in [2.05, 4.69) is 22.1 Å². The number of benzene rings is 1. The lowest BCUT2D eigenvalue weighted by Crippen LogP contribution is -2.25. The van der Waals surface area contributed by atoms with Crippen LogP contribution in [0.5, 0.6) is 0 Å². The third kappa shape index (κ3) is 2.25. The quantitative estimate of drug-likeness (QED) is 0.794. The third-order valence-corrected chi connectivity index (χ3v) is 4.14. The highest BCUT2D eigenvalue weighted by molar-refractivity contribution is 7.99. The van der Waals surface area contributed by atoms with Gasteiger partial charge in [0.05, 0.1) is 23.3 Å². The Balaban J connectivity index is 1.99. The molecule has 0 saturated heterocycles. The summed E-state index contributed by atoms with van der Waals surface area (Å²) in [5, 5.41) is 9.62. The van der Waals surface area contributed by atoms with Gasteiger partial charge in [0.15, 0.2) is 6.04 Å². The van der Waals surface area contributed by atoms with Crippen LogP contribution in [0.4, 0.5) is 5.69 Å². The van der Waals surface area contributed by atoms with E-state index in [9.17, 15) is 5.26 Å². The van der Waals surface area contributed by atoms with Gasteiger partial charge >= 0.3 is 0 Å². The van der Waals surface area contributed by atoms with Gasteiger partial charge in [-0.05, 0) is 29.8 Å². The second-order valence-electron chi connectivity index (χ2n) is 3.99. The zero-order chi connectivity index (χ0) is 13.2. The summed E-state index contributed by atoms with van der Waals surface area (Å²) in [5.74, 6) is 0.735. The van der Waals surface area contributed by atoms with Crippen LogP contribution >= 0.6 is 23.4 Å². The fourth-order valence-electron chi connectivity index (χ4n) is 2.03. The summed E-state index contributed by atoms with van der Waals surface area (Å²) in [6.45, 7) is 0. The normalized spacial score (nSPS) is 14.8. The molecule has 1 unspecified atom stereocenters. The summed E-state index contributed by atoms with van der Waals surface area (Å²) in [5.41, 5.74) is 1.69. The number of anilines is 1. The van der Waals surface area contributed by atoms with E-state index >= 15 is 0 Å². The maximum atomic E-state index is 9.45. The van der Waals surface area contributed by atoms with Crippen LogP contribution in [0.2, 0.25) is 5.28 Å². The van der Waals surface area contributed by atoms with Crippen LogP contribution in [-0.4, -0.2) is 15.8 Å². The number of thioether (sulfide) groups is 1. The molecule has 1 aliphatic heterocycles. The lowest BCUT2D eigenvalue weighted by atomic mass is 10.1. The molecule has 0 N–H and O–H groups in total. The third-order valence-electron chi connectivity index (χ3n) is 2.90. The van der Waals surface area contributed by atoms with Crippen LogP contribution in [0.1, 0.15) is 11.7 Å². The molecule has 1 atom stereocenters. The van der Waals surface area contributed by atoms with Crippen molar-refractivity contribution >= 4 is 29.1 Å². The van der Waals surface area contributed by atoms with Gasteiger partial charge in [-0.15, -0.1) is 11.8 Å². The minimum atomic E-state index is -0.448. The number of para-hydroxylation sites is 1. The van der Waals surface area contributed by atoms with Crippen molar-refractivity contribution in [2.24, 2.45) is 0 Å². The molecule has 0 fully saturated rings. The van der Waals surface area contributed by atoms with E-state index in [1.807, 2.05) is 23.1 Å². The highest BCUT2D eigenvalue weighted by Crippen LogP contribution is 2.42. The van der Waals surface area contributed by atoms with Gasteiger partial charge in [0.25, 0.3) is 0 Å². The zero-order valence-corrected chi connectivity index (χ0v) is 11.4. The first-order chi connectivity index (χ1) is 9.29. The van der Waals surface area contributed by atoms with Crippen LogP contribution in [0, 0.1) is 11.3 Å². The lowest BCUT2D eigenvalue weighted by Gasteiger charge is -2.23. The molecule has 1 aliphatic rings. The van der Waals surface area contributed by atoms with Gasteiger partial charge in [0, 0.05) is 11.1 Å². The van der Waals surface area contributed by atoms with E-state index in [-0.39, 0.29) is 5.28 Å². The van der Waals surface area contributed by atoms with E-state index in [1.165, 1.54) is 4.90 Å². The van der Waals surface area contributed by atoms with Crippen molar-refractivity contribution in [2.75, 3.05) is 10.8 Å². The lowest BCUT2D eigenvalue weighted by molar-refractivity contribution is 0.777. The van der Waals surface area contributed by atoms with Crippen LogP contribution in [0.25, 0.3) is 0 Å². The molecule has 0 radical (unpaired) electrons. The Morgan fingerprint density at radius 3 is 3.00 bits per heavy atom. The topological polar surface area (TPSA) is 52.8 Å². The number of hydrogen-bond donors (Lipinski definition) is 0. The Labute approximate surface area is 120 Å². The van der Waals surface area contributed by atoms with E-state index in [4.69, 9.17) is 11.6 Å². The van der Waals surface area contributed by atoms with Gasteiger partial charge < -0.3 is 4.90 Å². The number of aromatic nitrogens is 2. The Kier molecular flexibility index (Phi) is 3.28. The maximum Gasteiger partial charge on any atom is 0.222 e. The summed E-state index contributed by atoms with van der Waals surface area (Å²) >= 11 is 7.51. The molecule has 2 heterocycles. The number of halogens is 1. The van der Waals surface area contributed by atoms with Crippen molar-refractivity contribution in [2.45, 2.75) is 10.9 Å². The van der Waals surface area contributed by atoms with E-state index in [0.717, 1.165) is 11.6 Å². The molecular formula is C13H9ClN4S. The average molecular weight is 289 g/mol. The predicted molar refractivity (Wildman–Crippen MR) is 75.0 cm³/mol. The van der Waals surface area contributed by atoms with Crippen molar-refractivity contribution in [3.05, 3.63) is 47.5 Å². The largest absolute Gasteiger partial charge is 0.340 e. The second-order valence-corrected chi connectivity index (χ2v) is 5.32. The second kappa shape index (κ2) is 5.08. The minimum absolute atomic E-state index is 0.165. The number of rotatable bonds is 2. The highest BCUT2D eigenvalue weighted by Gasteiger charge is 2.28. The molecule has 0 aliphatic carbocycles. The predicted octanol–water partition coefficient (Wildman–Crippen LogP) is 3.26. The Morgan fingerprint density at radius 2 is 2.21 bits per heavy atom. The maximum absolute atomic E-state index is 9.45. The van der Waals surface area contributed by atoms with Gasteiger partial charge in [-0.25, -0.2) is 9.97 Å². The molecule has 0 saturated carbocycles. The first kappa shape index (κ1) is 12.3. The van der Waals surface area contributed by atoms with Crippen LogP contribution in [-0.2, 0) is 0 Å². The Hall–Kier alpha value is -1.77. The molecule has 94 valence electrons. The van der Waals surface area contributed by atoms with Gasteiger partial charge in [-0.3, -0.25) is 0 Å². The fraction of sp³-hybridized carbons (Fsp3) is 0.154. The van der Waals surface area contributed by atoms with Crippen molar-refractivity contribution in [1.29, 1.82) is 5.26 Å².